The molecule has 2 aromatic rings. The summed E-state index contributed by atoms with van der Waals surface area (Å²) in [5.74, 6) is 0. The van der Waals surface area contributed by atoms with Crippen LogP contribution in [0.1, 0.15) is 37.4 Å². The maximum atomic E-state index is 4.58. The van der Waals surface area contributed by atoms with E-state index >= 15 is 0 Å². The first-order valence-corrected chi connectivity index (χ1v) is 6.66. The average molecular weight is 237 g/mol. The third-order valence-electron chi connectivity index (χ3n) is 3.06. The largest absolute Gasteiger partial charge is 0.309 e. The van der Waals surface area contributed by atoms with Crippen LogP contribution in [-0.4, -0.2) is 15.4 Å². The highest BCUT2D eigenvalue weighted by molar-refractivity contribution is 7.15. The van der Waals surface area contributed by atoms with Crippen molar-refractivity contribution in [1.82, 2.24) is 14.7 Å². The Morgan fingerprint density at radius 1 is 1.50 bits per heavy atom. The predicted molar refractivity (Wildman–Crippen MR) is 69.1 cm³/mol. The Balaban J connectivity index is 2.28. The SMILES string of the molecule is CCC(C)NCc1c(C)nc2scc(C)n12. The van der Waals surface area contributed by atoms with Crippen molar-refractivity contribution in [1.29, 1.82) is 0 Å². The number of fused-ring (bicyclic) bond motifs is 1. The van der Waals surface area contributed by atoms with Crippen LogP contribution in [0, 0.1) is 13.8 Å². The van der Waals surface area contributed by atoms with Crippen LogP contribution in [0.4, 0.5) is 0 Å². The Morgan fingerprint density at radius 2 is 2.25 bits per heavy atom. The van der Waals surface area contributed by atoms with Gasteiger partial charge in [0.25, 0.3) is 0 Å². The van der Waals surface area contributed by atoms with Gasteiger partial charge in [0.2, 0.25) is 0 Å². The quantitative estimate of drug-likeness (QED) is 0.886. The molecule has 2 heterocycles. The number of hydrogen-bond donors (Lipinski definition) is 1. The second kappa shape index (κ2) is 4.55. The number of thiazole rings is 1. The van der Waals surface area contributed by atoms with E-state index in [2.05, 4.69) is 47.8 Å². The van der Waals surface area contributed by atoms with Crippen LogP contribution in [0.15, 0.2) is 5.38 Å². The molecule has 2 aromatic heterocycles. The van der Waals surface area contributed by atoms with Crippen molar-refractivity contribution >= 4 is 16.3 Å². The first-order valence-electron chi connectivity index (χ1n) is 5.79. The molecule has 88 valence electrons. The highest BCUT2D eigenvalue weighted by Gasteiger charge is 2.12. The van der Waals surface area contributed by atoms with Crippen molar-refractivity contribution in [2.75, 3.05) is 0 Å². The molecule has 0 fully saturated rings. The van der Waals surface area contributed by atoms with Crippen molar-refractivity contribution in [2.45, 2.75) is 46.7 Å². The van der Waals surface area contributed by atoms with Gasteiger partial charge >= 0.3 is 0 Å². The number of rotatable bonds is 4. The monoisotopic (exact) mass is 237 g/mol. The van der Waals surface area contributed by atoms with Crippen LogP contribution in [0.3, 0.4) is 0 Å². The van der Waals surface area contributed by atoms with Crippen molar-refractivity contribution in [3.8, 4) is 0 Å². The van der Waals surface area contributed by atoms with Gasteiger partial charge in [-0.1, -0.05) is 6.92 Å². The molecular formula is C12H19N3S. The molecule has 0 saturated carbocycles. The van der Waals surface area contributed by atoms with Gasteiger partial charge in [0.1, 0.15) is 0 Å². The van der Waals surface area contributed by atoms with Crippen molar-refractivity contribution in [2.24, 2.45) is 0 Å². The summed E-state index contributed by atoms with van der Waals surface area (Å²) >= 11 is 1.71. The summed E-state index contributed by atoms with van der Waals surface area (Å²) in [5.41, 5.74) is 3.72. The van der Waals surface area contributed by atoms with Gasteiger partial charge in [0.15, 0.2) is 4.96 Å². The molecule has 0 aliphatic heterocycles. The van der Waals surface area contributed by atoms with Crippen LogP contribution in [0.25, 0.3) is 4.96 Å². The fourth-order valence-electron chi connectivity index (χ4n) is 1.79. The van der Waals surface area contributed by atoms with Crippen molar-refractivity contribution in [3.63, 3.8) is 0 Å². The minimum atomic E-state index is 0.559. The zero-order valence-electron chi connectivity index (χ0n) is 10.4. The van der Waals surface area contributed by atoms with E-state index in [1.54, 1.807) is 11.3 Å². The van der Waals surface area contributed by atoms with Crippen molar-refractivity contribution in [3.05, 3.63) is 22.5 Å². The van der Waals surface area contributed by atoms with Gasteiger partial charge < -0.3 is 5.32 Å². The van der Waals surface area contributed by atoms with Crippen LogP contribution in [0.2, 0.25) is 0 Å². The number of nitrogens with one attached hydrogen (secondary N) is 1. The maximum absolute atomic E-state index is 4.58. The fourth-order valence-corrected chi connectivity index (χ4v) is 2.72. The van der Waals surface area contributed by atoms with Crippen LogP contribution < -0.4 is 5.32 Å². The molecular weight excluding hydrogens is 218 g/mol. The molecule has 0 radical (unpaired) electrons. The maximum Gasteiger partial charge on any atom is 0.194 e. The molecule has 0 aromatic carbocycles. The molecule has 0 spiro atoms. The molecule has 4 heteroatoms. The molecule has 3 nitrogen and oxygen atoms in total. The van der Waals surface area contributed by atoms with Gasteiger partial charge in [-0.2, -0.15) is 0 Å². The van der Waals surface area contributed by atoms with Gasteiger partial charge in [0.05, 0.1) is 11.4 Å². The molecule has 0 bridgehead atoms. The molecule has 16 heavy (non-hydrogen) atoms. The first kappa shape index (κ1) is 11.6. The summed E-state index contributed by atoms with van der Waals surface area (Å²) in [4.78, 5) is 5.69. The van der Waals surface area contributed by atoms with E-state index < -0.39 is 0 Å². The van der Waals surface area contributed by atoms with Crippen LogP contribution in [0.5, 0.6) is 0 Å². The van der Waals surface area contributed by atoms with Crippen LogP contribution >= 0.6 is 11.3 Å². The van der Waals surface area contributed by atoms with Crippen LogP contribution in [-0.2, 0) is 6.54 Å². The summed E-state index contributed by atoms with van der Waals surface area (Å²) in [6, 6.07) is 0.559. The van der Waals surface area contributed by atoms with E-state index in [0.29, 0.717) is 6.04 Å². The number of nitrogens with zero attached hydrogens (tertiary/aromatic N) is 2. The lowest BCUT2D eigenvalue weighted by molar-refractivity contribution is 0.526. The lowest BCUT2D eigenvalue weighted by Crippen LogP contribution is -2.25. The van der Waals surface area contributed by atoms with Gasteiger partial charge in [-0.3, -0.25) is 4.40 Å². The molecule has 0 amide bonds. The van der Waals surface area contributed by atoms with Gasteiger partial charge in [-0.15, -0.1) is 11.3 Å². The Bertz CT molecular complexity index is 484. The average Bonchev–Trinajstić information content (AvgIpc) is 2.76. The van der Waals surface area contributed by atoms with Gasteiger partial charge in [-0.25, -0.2) is 4.98 Å². The summed E-state index contributed by atoms with van der Waals surface area (Å²) in [5, 5.41) is 5.69. The molecule has 0 aliphatic carbocycles. The topological polar surface area (TPSA) is 29.3 Å². The number of aromatic nitrogens is 2. The van der Waals surface area contributed by atoms with E-state index in [1.165, 1.54) is 11.4 Å². The molecule has 1 unspecified atom stereocenters. The minimum absolute atomic E-state index is 0.559. The number of aryl methyl sites for hydroxylation is 2. The highest BCUT2D eigenvalue weighted by Crippen LogP contribution is 2.20. The Kier molecular flexibility index (Phi) is 3.30. The zero-order chi connectivity index (χ0) is 11.7. The number of hydrogen-bond acceptors (Lipinski definition) is 3. The van der Waals surface area contributed by atoms with E-state index in [9.17, 15) is 0 Å². The summed E-state index contributed by atoms with van der Waals surface area (Å²) in [6.07, 6.45) is 1.16. The third kappa shape index (κ3) is 1.99. The minimum Gasteiger partial charge on any atom is -0.309 e. The Labute approximate surface area is 101 Å². The molecule has 1 N–H and O–H groups in total. The predicted octanol–water partition coefficient (Wildman–Crippen LogP) is 2.90. The number of imidazole rings is 1. The van der Waals surface area contributed by atoms with Gasteiger partial charge in [0, 0.05) is 23.7 Å². The molecule has 0 aliphatic rings. The Hall–Kier alpha value is -0.870. The molecule has 1 atom stereocenters. The third-order valence-corrected chi connectivity index (χ3v) is 4.00. The second-order valence-electron chi connectivity index (χ2n) is 4.33. The lowest BCUT2D eigenvalue weighted by Gasteiger charge is -2.11. The first-order chi connectivity index (χ1) is 7.63. The lowest BCUT2D eigenvalue weighted by atomic mass is 10.2. The Morgan fingerprint density at radius 3 is 2.94 bits per heavy atom. The van der Waals surface area contributed by atoms with Gasteiger partial charge in [-0.05, 0) is 27.2 Å². The zero-order valence-corrected chi connectivity index (χ0v) is 11.2. The summed E-state index contributed by atoms with van der Waals surface area (Å²) < 4.78 is 2.26. The van der Waals surface area contributed by atoms with Crippen molar-refractivity contribution < 1.29 is 0 Å². The second-order valence-corrected chi connectivity index (χ2v) is 5.17. The molecule has 2 rings (SSSR count). The molecule has 0 saturated heterocycles. The fraction of sp³-hybridized carbons (Fsp3) is 0.583. The highest BCUT2D eigenvalue weighted by atomic mass is 32.1. The smallest absolute Gasteiger partial charge is 0.194 e. The standard InChI is InChI=1S/C12H19N3S/c1-5-8(2)13-6-11-10(4)14-12-15(11)9(3)7-16-12/h7-8,13H,5-6H2,1-4H3. The van der Waals surface area contributed by atoms with E-state index in [1.807, 2.05) is 0 Å². The van der Waals surface area contributed by atoms with E-state index in [-0.39, 0.29) is 0 Å². The summed E-state index contributed by atoms with van der Waals surface area (Å²) in [7, 11) is 0. The van der Waals surface area contributed by atoms with E-state index in [0.717, 1.165) is 23.6 Å². The van der Waals surface area contributed by atoms with E-state index in [4.69, 9.17) is 0 Å². The normalized spacial score (nSPS) is 13.5. The summed E-state index contributed by atoms with van der Waals surface area (Å²) in [6.45, 7) is 9.55.